The number of carbonyl (C=O) groups is 3. The Morgan fingerprint density at radius 3 is 2.81 bits per heavy atom. The molecule has 0 saturated carbocycles. The number of halogens is 1. The molecule has 1 fully saturated rings. The number of hydrogen-bond donors (Lipinski definition) is 0. The minimum absolute atomic E-state index is 0.0989. The Balaban J connectivity index is 2.00. The van der Waals surface area contributed by atoms with Crippen molar-refractivity contribution in [3.63, 3.8) is 0 Å². The zero-order valence-electron chi connectivity index (χ0n) is 11.1. The first-order chi connectivity index (χ1) is 10.0. The van der Waals surface area contributed by atoms with Crippen LogP contribution in [0, 0.1) is 0 Å². The number of imide groups is 1. The molecule has 0 spiro atoms. The van der Waals surface area contributed by atoms with Gasteiger partial charge in [-0.05, 0) is 18.2 Å². The minimum Gasteiger partial charge on any atom is -0.496 e. The first kappa shape index (κ1) is 15.1. The Labute approximate surface area is 125 Å². The summed E-state index contributed by atoms with van der Waals surface area (Å²) < 4.78 is 14.5. The number of esters is 1. The minimum atomic E-state index is -0.768. The second-order valence-electron chi connectivity index (χ2n) is 4.08. The molecule has 8 heteroatoms. The van der Waals surface area contributed by atoms with Crippen LogP contribution < -0.4 is 4.74 Å². The summed E-state index contributed by atoms with van der Waals surface area (Å²) in [5.41, 5.74) is 0.0989. The van der Waals surface area contributed by atoms with E-state index in [2.05, 4.69) is 4.74 Å². The normalized spacial score (nSPS) is 13.8. The van der Waals surface area contributed by atoms with Gasteiger partial charge in [0.25, 0.3) is 5.91 Å². The van der Waals surface area contributed by atoms with Crippen LogP contribution in [0.15, 0.2) is 18.2 Å². The van der Waals surface area contributed by atoms with Gasteiger partial charge in [0.15, 0.2) is 6.61 Å². The summed E-state index contributed by atoms with van der Waals surface area (Å²) in [4.78, 5) is 35.7. The smallest absolute Gasteiger partial charge is 0.416 e. The van der Waals surface area contributed by atoms with Crippen LogP contribution >= 0.6 is 11.6 Å². The van der Waals surface area contributed by atoms with Gasteiger partial charge in [0.1, 0.15) is 17.9 Å². The highest BCUT2D eigenvalue weighted by Gasteiger charge is 2.29. The molecule has 1 aromatic carbocycles. The fraction of sp³-hybridized carbons (Fsp3) is 0.308. The van der Waals surface area contributed by atoms with Gasteiger partial charge < -0.3 is 14.2 Å². The summed E-state index contributed by atoms with van der Waals surface area (Å²) in [6.45, 7) is -0.278. The lowest BCUT2D eigenvalue weighted by Gasteiger charge is -2.12. The second kappa shape index (κ2) is 6.45. The lowest BCUT2D eigenvalue weighted by Crippen LogP contribution is -2.35. The van der Waals surface area contributed by atoms with Gasteiger partial charge in [-0.3, -0.25) is 4.79 Å². The first-order valence-corrected chi connectivity index (χ1v) is 6.38. The van der Waals surface area contributed by atoms with E-state index in [1.807, 2.05) is 0 Å². The molecule has 7 nitrogen and oxygen atoms in total. The largest absolute Gasteiger partial charge is 0.496 e. The Morgan fingerprint density at radius 1 is 1.43 bits per heavy atom. The van der Waals surface area contributed by atoms with Gasteiger partial charge in [-0.2, -0.15) is 0 Å². The predicted octanol–water partition coefficient (Wildman–Crippen LogP) is 1.48. The van der Waals surface area contributed by atoms with Crippen molar-refractivity contribution in [2.75, 3.05) is 26.9 Å². The van der Waals surface area contributed by atoms with Crippen LogP contribution in [0.2, 0.25) is 5.02 Å². The highest BCUT2D eigenvalue weighted by Crippen LogP contribution is 2.23. The third kappa shape index (κ3) is 3.43. The van der Waals surface area contributed by atoms with Gasteiger partial charge in [-0.1, -0.05) is 11.6 Å². The molecule has 0 radical (unpaired) electrons. The van der Waals surface area contributed by atoms with Crippen molar-refractivity contribution in [2.45, 2.75) is 0 Å². The SMILES string of the molecule is COc1ccc(Cl)cc1C(=O)OCC(=O)N1CCOC1=O. The molecule has 0 bridgehead atoms. The third-order valence-electron chi connectivity index (χ3n) is 2.77. The molecule has 1 aliphatic rings. The average Bonchev–Trinajstić information content (AvgIpc) is 2.90. The fourth-order valence-corrected chi connectivity index (χ4v) is 1.91. The standard InChI is InChI=1S/C13H12ClNO6/c1-19-10-3-2-8(14)6-9(10)12(17)21-7-11(16)15-4-5-20-13(15)18/h2-3,6H,4-5,7H2,1H3. The van der Waals surface area contributed by atoms with Gasteiger partial charge in [0.2, 0.25) is 0 Å². The van der Waals surface area contributed by atoms with E-state index in [0.717, 1.165) is 4.90 Å². The van der Waals surface area contributed by atoms with Gasteiger partial charge in [-0.15, -0.1) is 0 Å². The number of nitrogens with zero attached hydrogens (tertiary/aromatic N) is 1. The highest BCUT2D eigenvalue weighted by atomic mass is 35.5. The van der Waals surface area contributed by atoms with E-state index in [1.165, 1.54) is 19.2 Å². The van der Waals surface area contributed by atoms with E-state index in [9.17, 15) is 14.4 Å². The number of rotatable bonds is 4. The van der Waals surface area contributed by atoms with Gasteiger partial charge in [0, 0.05) is 5.02 Å². The van der Waals surface area contributed by atoms with E-state index in [0.29, 0.717) is 5.02 Å². The van der Waals surface area contributed by atoms with Crippen molar-refractivity contribution in [2.24, 2.45) is 0 Å². The molecule has 0 aromatic heterocycles. The molecule has 0 unspecified atom stereocenters. The number of ether oxygens (including phenoxy) is 3. The average molecular weight is 314 g/mol. The predicted molar refractivity (Wildman–Crippen MR) is 71.3 cm³/mol. The Morgan fingerprint density at radius 2 is 2.19 bits per heavy atom. The summed E-state index contributed by atoms with van der Waals surface area (Å²) >= 11 is 5.80. The molecular weight excluding hydrogens is 302 g/mol. The van der Waals surface area contributed by atoms with Crippen molar-refractivity contribution in [3.05, 3.63) is 28.8 Å². The molecule has 1 heterocycles. The van der Waals surface area contributed by atoms with E-state index in [1.54, 1.807) is 6.07 Å². The number of cyclic esters (lactones) is 1. The van der Waals surface area contributed by atoms with Crippen molar-refractivity contribution in [3.8, 4) is 5.75 Å². The Bertz CT molecular complexity index is 588. The van der Waals surface area contributed by atoms with Crippen LogP contribution in [0.25, 0.3) is 0 Å². The molecule has 1 aromatic rings. The quantitative estimate of drug-likeness (QED) is 0.783. The lowest BCUT2D eigenvalue weighted by atomic mass is 10.2. The van der Waals surface area contributed by atoms with Crippen LogP contribution in [-0.4, -0.2) is 49.7 Å². The lowest BCUT2D eigenvalue weighted by molar-refractivity contribution is -0.131. The van der Waals surface area contributed by atoms with Crippen molar-refractivity contribution in [1.29, 1.82) is 0 Å². The maximum Gasteiger partial charge on any atom is 0.416 e. The zero-order chi connectivity index (χ0) is 15.4. The number of methoxy groups -OCH3 is 1. The van der Waals surface area contributed by atoms with Crippen LogP contribution in [0.1, 0.15) is 10.4 Å². The molecule has 1 saturated heterocycles. The summed E-state index contributed by atoms with van der Waals surface area (Å²) in [5.74, 6) is -1.14. The van der Waals surface area contributed by atoms with Crippen LogP contribution in [0.4, 0.5) is 4.79 Å². The third-order valence-corrected chi connectivity index (χ3v) is 3.01. The number of amides is 2. The Hall–Kier alpha value is -2.28. The molecule has 1 aliphatic heterocycles. The zero-order valence-corrected chi connectivity index (χ0v) is 11.9. The summed E-state index contributed by atoms with van der Waals surface area (Å²) in [6, 6.07) is 4.44. The topological polar surface area (TPSA) is 82.1 Å². The molecule has 0 atom stereocenters. The first-order valence-electron chi connectivity index (χ1n) is 6.00. The summed E-state index contributed by atoms with van der Waals surface area (Å²) in [7, 11) is 1.39. The number of carbonyl (C=O) groups excluding carboxylic acids is 3. The van der Waals surface area contributed by atoms with Crippen LogP contribution in [-0.2, 0) is 14.3 Å². The van der Waals surface area contributed by atoms with Gasteiger partial charge in [-0.25, -0.2) is 14.5 Å². The van der Waals surface area contributed by atoms with E-state index in [4.69, 9.17) is 21.1 Å². The van der Waals surface area contributed by atoms with Crippen molar-refractivity contribution in [1.82, 2.24) is 4.90 Å². The molecule has 21 heavy (non-hydrogen) atoms. The molecular formula is C13H12ClNO6. The maximum atomic E-state index is 11.9. The molecule has 2 amide bonds. The Kier molecular flexibility index (Phi) is 4.64. The number of hydrogen-bond acceptors (Lipinski definition) is 6. The maximum absolute atomic E-state index is 11.9. The molecule has 2 rings (SSSR count). The van der Waals surface area contributed by atoms with Crippen molar-refractivity contribution < 1.29 is 28.6 Å². The highest BCUT2D eigenvalue weighted by molar-refractivity contribution is 6.31. The monoisotopic (exact) mass is 313 g/mol. The number of benzene rings is 1. The van der Waals surface area contributed by atoms with E-state index < -0.39 is 24.6 Å². The molecule has 0 N–H and O–H groups in total. The van der Waals surface area contributed by atoms with E-state index >= 15 is 0 Å². The molecule has 0 aliphatic carbocycles. The summed E-state index contributed by atoms with van der Waals surface area (Å²) in [5, 5.41) is 0.331. The van der Waals surface area contributed by atoms with Crippen molar-refractivity contribution >= 4 is 29.6 Å². The van der Waals surface area contributed by atoms with E-state index in [-0.39, 0.29) is 24.5 Å². The fourth-order valence-electron chi connectivity index (χ4n) is 1.74. The molecule has 112 valence electrons. The van der Waals surface area contributed by atoms with Gasteiger partial charge >= 0.3 is 12.1 Å². The van der Waals surface area contributed by atoms with Crippen LogP contribution in [0.5, 0.6) is 5.75 Å². The van der Waals surface area contributed by atoms with Gasteiger partial charge in [0.05, 0.1) is 13.7 Å². The summed E-state index contributed by atoms with van der Waals surface area (Å²) in [6.07, 6.45) is -0.739. The van der Waals surface area contributed by atoms with Crippen LogP contribution in [0.3, 0.4) is 0 Å². The second-order valence-corrected chi connectivity index (χ2v) is 4.52.